The summed E-state index contributed by atoms with van der Waals surface area (Å²) in [5.41, 5.74) is 5.35. The van der Waals surface area contributed by atoms with Crippen LogP contribution in [0.1, 0.15) is 30.7 Å². The largest absolute Gasteiger partial charge is 0.334 e. The van der Waals surface area contributed by atoms with Gasteiger partial charge in [-0.3, -0.25) is 9.55 Å². The zero-order valence-corrected chi connectivity index (χ0v) is 15.3. The maximum Gasteiger partial charge on any atom is 0.334 e. The number of fused-ring (bicyclic) bond motifs is 3. The van der Waals surface area contributed by atoms with E-state index in [1.54, 1.807) is 15.2 Å². The second-order valence-corrected chi connectivity index (χ2v) is 7.25. The first kappa shape index (κ1) is 16.5. The van der Waals surface area contributed by atoms with Crippen molar-refractivity contribution in [2.75, 3.05) is 0 Å². The Morgan fingerprint density at radius 1 is 1.12 bits per heavy atom. The molecule has 0 fully saturated rings. The molecule has 0 aliphatic rings. The number of aryl methyl sites for hydroxylation is 1. The lowest BCUT2D eigenvalue weighted by molar-refractivity contribution is 0.637. The minimum Gasteiger partial charge on any atom is -0.287 e. The van der Waals surface area contributed by atoms with Crippen LogP contribution in [-0.4, -0.2) is 18.9 Å². The molecule has 5 nitrogen and oxygen atoms in total. The molecule has 26 heavy (non-hydrogen) atoms. The molecular formula is C21H22N4O. The van der Waals surface area contributed by atoms with Crippen LogP contribution < -0.4 is 5.69 Å². The third-order valence-corrected chi connectivity index (χ3v) is 4.56. The van der Waals surface area contributed by atoms with Crippen LogP contribution in [0, 0.1) is 12.8 Å². The Morgan fingerprint density at radius 3 is 2.62 bits per heavy atom. The third-order valence-electron chi connectivity index (χ3n) is 4.56. The molecule has 0 saturated carbocycles. The molecule has 5 heteroatoms. The molecule has 1 aromatic carbocycles. The predicted molar refractivity (Wildman–Crippen MR) is 104 cm³/mol. The van der Waals surface area contributed by atoms with Crippen molar-refractivity contribution in [3.63, 3.8) is 0 Å². The van der Waals surface area contributed by atoms with E-state index < -0.39 is 0 Å². The molecule has 0 spiro atoms. The highest BCUT2D eigenvalue weighted by molar-refractivity contribution is 5.87. The van der Waals surface area contributed by atoms with Gasteiger partial charge in [-0.05, 0) is 37.0 Å². The summed E-state index contributed by atoms with van der Waals surface area (Å²) in [7, 11) is 0. The average molecular weight is 346 g/mol. The Hall–Kier alpha value is -2.95. The summed E-state index contributed by atoms with van der Waals surface area (Å²) in [6, 6.07) is 12.1. The number of aromatic nitrogens is 4. The monoisotopic (exact) mass is 346 g/mol. The highest BCUT2D eigenvalue weighted by Gasteiger charge is 2.15. The van der Waals surface area contributed by atoms with Gasteiger partial charge in [0, 0.05) is 12.4 Å². The first-order chi connectivity index (χ1) is 12.5. The summed E-state index contributed by atoms with van der Waals surface area (Å²) in [5.74, 6) is 0.480. The molecule has 0 aliphatic heterocycles. The molecule has 4 aromatic rings. The third kappa shape index (κ3) is 2.90. The molecule has 0 N–H and O–H groups in total. The molecule has 0 unspecified atom stereocenters. The van der Waals surface area contributed by atoms with Crippen LogP contribution in [0.15, 0.2) is 53.6 Å². The van der Waals surface area contributed by atoms with Gasteiger partial charge in [0.2, 0.25) is 0 Å². The molecule has 0 aliphatic carbocycles. The molecule has 0 saturated heterocycles. The maximum absolute atomic E-state index is 13.2. The van der Waals surface area contributed by atoms with E-state index >= 15 is 0 Å². The summed E-state index contributed by atoms with van der Waals surface area (Å²) in [4.78, 5) is 22.4. The zero-order valence-electron chi connectivity index (χ0n) is 15.3. The van der Waals surface area contributed by atoms with E-state index in [0.717, 1.165) is 28.7 Å². The van der Waals surface area contributed by atoms with Gasteiger partial charge in [-0.15, -0.1) is 0 Å². The van der Waals surface area contributed by atoms with Crippen molar-refractivity contribution in [1.82, 2.24) is 18.9 Å². The number of rotatable bonds is 4. The average Bonchev–Trinajstić information content (AvgIpc) is 3.03. The van der Waals surface area contributed by atoms with E-state index in [-0.39, 0.29) is 5.69 Å². The lowest BCUT2D eigenvalue weighted by Gasteiger charge is -2.11. The summed E-state index contributed by atoms with van der Waals surface area (Å²) >= 11 is 0. The van der Waals surface area contributed by atoms with Crippen molar-refractivity contribution >= 4 is 16.7 Å². The Kier molecular flexibility index (Phi) is 4.07. The first-order valence-electron chi connectivity index (χ1n) is 8.94. The highest BCUT2D eigenvalue weighted by Crippen LogP contribution is 2.18. The minimum absolute atomic E-state index is 0.0800. The van der Waals surface area contributed by atoms with Crippen molar-refractivity contribution in [2.45, 2.75) is 33.7 Å². The summed E-state index contributed by atoms with van der Waals surface area (Å²) < 4.78 is 3.42. The maximum atomic E-state index is 13.2. The number of imidazole rings is 1. The normalized spacial score (nSPS) is 11.7. The summed E-state index contributed by atoms with van der Waals surface area (Å²) in [5, 5.41) is 0. The van der Waals surface area contributed by atoms with Gasteiger partial charge in [0.05, 0.1) is 17.8 Å². The number of nitrogens with zero attached hydrogens (tertiary/aromatic N) is 4. The van der Waals surface area contributed by atoms with Crippen LogP contribution in [0.5, 0.6) is 0 Å². The Morgan fingerprint density at radius 2 is 1.88 bits per heavy atom. The lowest BCUT2D eigenvalue weighted by atomic mass is 10.1. The van der Waals surface area contributed by atoms with Crippen molar-refractivity contribution in [3.8, 4) is 0 Å². The van der Waals surface area contributed by atoms with Crippen LogP contribution in [0.3, 0.4) is 0 Å². The second-order valence-electron chi connectivity index (χ2n) is 7.25. The second kappa shape index (κ2) is 6.41. The lowest BCUT2D eigenvalue weighted by Crippen LogP contribution is -2.27. The van der Waals surface area contributed by atoms with E-state index in [1.165, 1.54) is 5.56 Å². The van der Waals surface area contributed by atoms with Gasteiger partial charge in [0.1, 0.15) is 5.52 Å². The van der Waals surface area contributed by atoms with Gasteiger partial charge in [-0.2, -0.15) is 0 Å². The molecule has 0 radical (unpaired) electrons. The predicted octanol–water partition coefficient (Wildman–Crippen LogP) is 3.60. The first-order valence-corrected chi connectivity index (χ1v) is 8.94. The molecule has 3 aromatic heterocycles. The van der Waals surface area contributed by atoms with Gasteiger partial charge in [-0.25, -0.2) is 14.2 Å². The molecule has 0 atom stereocenters. The van der Waals surface area contributed by atoms with E-state index in [0.29, 0.717) is 18.1 Å². The van der Waals surface area contributed by atoms with Crippen molar-refractivity contribution in [2.24, 2.45) is 5.92 Å². The van der Waals surface area contributed by atoms with Gasteiger partial charge in [0.25, 0.3) is 0 Å². The topological polar surface area (TPSA) is 52.2 Å². The number of hydrogen-bond acceptors (Lipinski definition) is 3. The van der Waals surface area contributed by atoms with Crippen molar-refractivity contribution in [1.29, 1.82) is 0 Å². The number of hydrogen-bond donors (Lipinski definition) is 0. The summed E-state index contributed by atoms with van der Waals surface area (Å²) in [6.07, 6.45) is 4.45. The SMILES string of the molecule is Cc1ccc(Cn2c(=O)n3cc(CC(C)C)nc3c3ncccc32)cc1. The zero-order chi connectivity index (χ0) is 18.3. The van der Waals surface area contributed by atoms with Crippen LogP contribution in [0.25, 0.3) is 16.7 Å². The Balaban J connectivity index is 1.94. The fraction of sp³-hybridized carbons (Fsp3) is 0.286. The molecule has 0 bridgehead atoms. The number of pyridine rings is 1. The van der Waals surface area contributed by atoms with Crippen LogP contribution in [-0.2, 0) is 13.0 Å². The van der Waals surface area contributed by atoms with Gasteiger partial charge in [0.15, 0.2) is 5.65 Å². The quantitative estimate of drug-likeness (QED) is 0.567. The standard InChI is InChI=1S/C21H22N4O/c1-14(2)11-17-13-25-20(23-17)19-18(5-4-10-22-19)24(21(25)26)12-16-8-6-15(3)7-9-16/h4-10,13-14H,11-12H2,1-3H3. The van der Waals surface area contributed by atoms with Gasteiger partial charge in [-0.1, -0.05) is 43.7 Å². The fourth-order valence-corrected chi connectivity index (χ4v) is 3.31. The number of benzene rings is 1. The molecule has 132 valence electrons. The van der Waals surface area contributed by atoms with Crippen molar-refractivity contribution in [3.05, 3.63) is 76.1 Å². The van der Waals surface area contributed by atoms with Gasteiger partial charge < -0.3 is 0 Å². The molecule has 3 heterocycles. The van der Waals surface area contributed by atoms with E-state index in [4.69, 9.17) is 0 Å². The molecular weight excluding hydrogens is 324 g/mol. The fourth-order valence-electron chi connectivity index (χ4n) is 3.31. The van der Waals surface area contributed by atoms with Crippen LogP contribution >= 0.6 is 0 Å². The molecule has 0 amide bonds. The van der Waals surface area contributed by atoms with E-state index in [2.05, 4.69) is 55.0 Å². The van der Waals surface area contributed by atoms with Crippen molar-refractivity contribution < 1.29 is 0 Å². The van der Waals surface area contributed by atoms with Crippen LogP contribution in [0.2, 0.25) is 0 Å². The van der Waals surface area contributed by atoms with Crippen LogP contribution in [0.4, 0.5) is 0 Å². The van der Waals surface area contributed by atoms with Gasteiger partial charge >= 0.3 is 5.69 Å². The minimum atomic E-state index is -0.0800. The molecule has 4 rings (SSSR count). The van der Waals surface area contributed by atoms with E-state index in [1.807, 2.05) is 18.3 Å². The summed E-state index contributed by atoms with van der Waals surface area (Å²) in [6.45, 7) is 6.87. The highest BCUT2D eigenvalue weighted by atomic mass is 16.1. The smallest absolute Gasteiger partial charge is 0.287 e. The van der Waals surface area contributed by atoms with E-state index in [9.17, 15) is 4.79 Å². The Bertz CT molecular complexity index is 1140. The Labute approximate surface area is 152 Å².